The van der Waals surface area contributed by atoms with Gasteiger partial charge in [0.25, 0.3) is 11.5 Å². The Labute approximate surface area is 143 Å². The van der Waals surface area contributed by atoms with Crippen LogP contribution in [-0.4, -0.2) is 32.8 Å². The number of amides is 1. The number of benzene rings is 1. The minimum Gasteiger partial charge on any atom is -0.480 e. The molecule has 25 heavy (non-hydrogen) atoms. The molecule has 132 valence electrons. The fraction of sp³-hybridized carbons (Fsp3) is 0.294. The summed E-state index contributed by atoms with van der Waals surface area (Å²) in [5, 5.41) is 15.4. The number of carboxylic acids is 1. The third-order valence-electron chi connectivity index (χ3n) is 3.56. The van der Waals surface area contributed by atoms with Crippen molar-refractivity contribution in [1.29, 1.82) is 0 Å². The normalized spacial score (nSPS) is 11.8. The number of nitrogens with one attached hydrogen (secondary N) is 1. The van der Waals surface area contributed by atoms with Gasteiger partial charge in [0, 0.05) is 6.07 Å². The van der Waals surface area contributed by atoms with E-state index >= 15 is 0 Å². The summed E-state index contributed by atoms with van der Waals surface area (Å²) in [5.41, 5.74) is -0.879. The van der Waals surface area contributed by atoms with E-state index in [2.05, 4.69) is 10.4 Å². The quantitative estimate of drug-likeness (QED) is 0.794. The van der Waals surface area contributed by atoms with E-state index in [1.54, 1.807) is 0 Å². The minimum absolute atomic E-state index is 0.0945. The number of rotatable bonds is 7. The maximum atomic E-state index is 13.9. The zero-order valence-corrected chi connectivity index (χ0v) is 13.6. The molecule has 0 saturated heterocycles. The lowest BCUT2D eigenvalue weighted by molar-refractivity contribution is -0.139. The summed E-state index contributed by atoms with van der Waals surface area (Å²) < 4.78 is 14.6. The third-order valence-corrected chi connectivity index (χ3v) is 3.56. The predicted molar refractivity (Wildman–Crippen MR) is 88.2 cm³/mol. The molecule has 1 heterocycles. The van der Waals surface area contributed by atoms with Crippen LogP contribution < -0.4 is 10.9 Å². The number of nitrogens with zero attached hydrogens (tertiary/aromatic N) is 2. The molecule has 0 aliphatic heterocycles. The highest BCUT2D eigenvalue weighted by Gasteiger charge is 2.21. The zero-order chi connectivity index (χ0) is 18.4. The molecule has 1 aromatic heterocycles. The van der Waals surface area contributed by atoms with Gasteiger partial charge in [0.2, 0.25) is 0 Å². The highest BCUT2D eigenvalue weighted by atomic mass is 19.1. The summed E-state index contributed by atoms with van der Waals surface area (Å²) in [4.78, 5) is 35.4. The Hall–Kier alpha value is -3.03. The second-order valence-electron chi connectivity index (χ2n) is 5.43. The highest BCUT2D eigenvalue weighted by Crippen LogP contribution is 2.09. The Kier molecular flexibility index (Phi) is 5.99. The molecule has 2 rings (SSSR count). The summed E-state index contributed by atoms with van der Waals surface area (Å²) in [6.45, 7) is 1.91. The SMILES string of the molecule is CCCC[C@H](NC(=O)c1ccc(=O)n(-c2ccccc2F)n1)C(=O)O. The van der Waals surface area contributed by atoms with Crippen molar-refractivity contribution in [1.82, 2.24) is 15.1 Å². The number of hydrogen-bond acceptors (Lipinski definition) is 4. The van der Waals surface area contributed by atoms with Crippen LogP contribution in [0, 0.1) is 5.82 Å². The van der Waals surface area contributed by atoms with Crippen molar-refractivity contribution >= 4 is 11.9 Å². The van der Waals surface area contributed by atoms with Crippen LogP contribution in [0.15, 0.2) is 41.2 Å². The van der Waals surface area contributed by atoms with Gasteiger partial charge in [-0.2, -0.15) is 9.78 Å². The molecule has 0 aliphatic carbocycles. The molecule has 0 saturated carbocycles. The summed E-state index contributed by atoms with van der Waals surface area (Å²) in [7, 11) is 0. The lowest BCUT2D eigenvalue weighted by atomic mass is 10.1. The van der Waals surface area contributed by atoms with E-state index in [9.17, 15) is 18.8 Å². The van der Waals surface area contributed by atoms with Crippen LogP contribution in [0.3, 0.4) is 0 Å². The molecule has 2 aromatic rings. The molecule has 0 fully saturated rings. The number of halogens is 1. The molecular weight excluding hydrogens is 329 g/mol. The molecule has 0 radical (unpaired) electrons. The Bertz CT molecular complexity index is 835. The van der Waals surface area contributed by atoms with Crippen molar-refractivity contribution in [3.8, 4) is 5.69 Å². The van der Waals surface area contributed by atoms with E-state index in [0.29, 0.717) is 6.42 Å². The Morgan fingerprint density at radius 2 is 2.00 bits per heavy atom. The smallest absolute Gasteiger partial charge is 0.326 e. The van der Waals surface area contributed by atoms with Crippen LogP contribution in [0.4, 0.5) is 4.39 Å². The van der Waals surface area contributed by atoms with Gasteiger partial charge < -0.3 is 10.4 Å². The molecule has 7 nitrogen and oxygen atoms in total. The lowest BCUT2D eigenvalue weighted by Crippen LogP contribution is -2.41. The first-order valence-corrected chi connectivity index (χ1v) is 7.83. The van der Waals surface area contributed by atoms with Crippen LogP contribution >= 0.6 is 0 Å². The van der Waals surface area contributed by atoms with Crippen molar-refractivity contribution in [3.05, 3.63) is 58.3 Å². The Balaban J connectivity index is 2.29. The molecule has 1 aromatic carbocycles. The van der Waals surface area contributed by atoms with Crippen molar-refractivity contribution in [2.24, 2.45) is 0 Å². The number of aromatic nitrogens is 2. The molecule has 0 unspecified atom stereocenters. The first-order chi connectivity index (χ1) is 11.9. The topological polar surface area (TPSA) is 101 Å². The number of hydrogen-bond donors (Lipinski definition) is 2. The van der Waals surface area contributed by atoms with Crippen LogP contribution in [0.25, 0.3) is 5.69 Å². The first kappa shape index (κ1) is 18.3. The lowest BCUT2D eigenvalue weighted by Gasteiger charge is -2.14. The van der Waals surface area contributed by atoms with Crippen LogP contribution in [0.2, 0.25) is 0 Å². The maximum Gasteiger partial charge on any atom is 0.326 e. The Morgan fingerprint density at radius 1 is 1.28 bits per heavy atom. The molecule has 0 aliphatic rings. The van der Waals surface area contributed by atoms with Gasteiger partial charge in [0.1, 0.15) is 23.2 Å². The number of aliphatic carboxylic acids is 1. The van der Waals surface area contributed by atoms with Crippen molar-refractivity contribution in [2.45, 2.75) is 32.2 Å². The third kappa shape index (κ3) is 4.50. The fourth-order valence-corrected chi connectivity index (χ4v) is 2.23. The van der Waals surface area contributed by atoms with Gasteiger partial charge in [-0.1, -0.05) is 31.9 Å². The first-order valence-electron chi connectivity index (χ1n) is 7.83. The summed E-state index contributed by atoms with van der Waals surface area (Å²) in [5.74, 6) is -2.56. The van der Waals surface area contributed by atoms with E-state index in [1.807, 2.05) is 6.92 Å². The molecule has 0 spiro atoms. The number of carboxylic acid groups (broad SMARTS) is 1. The van der Waals surface area contributed by atoms with Gasteiger partial charge in [-0.25, -0.2) is 9.18 Å². The van der Waals surface area contributed by atoms with Crippen molar-refractivity contribution in [3.63, 3.8) is 0 Å². The average Bonchev–Trinajstić information content (AvgIpc) is 2.59. The van der Waals surface area contributed by atoms with E-state index in [1.165, 1.54) is 30.3 Å². The average molecular weight is 347 g/mol. The van der Waals surface area contributed by atoms with E-state index < -0.39 is 29.3 Å². The monoisotopic (exact) mass is 347 g/mol. The van der Waals surface area contributed by atoms with E-state index in [0.717, 1.165) is 17.2 Å². The van der Waals surface area contributed by atoms with E-state index in [-0.39, 0.29) is 17.8 Å². The predicted octanol–water partition coefficient (Wildman–Crippen LogP) is 1.74. The molecule has 0 bridgehead atoms. The van der Waals surface area contributed by atoms with Gasteiger partial charge >= 0.3 is 5.97 Å². The van der Waals surface area contributed by atoms with E-state index in [4.69, 9.17) is 5.11 Å². The van der Waals surface area contributed by atoms with Crippen LogP contribution in [0.5, 0.6) is 0 Å². The largest absolute Gasteiger partial charge is 0.480 e. The second-order valence-corrected chi connectivity index (χ2v) is 5.43. The van der Waals surface area contributed by atoms with Crippen LogP contribution in [-0.2, 0) is 4.79 Å². The van der Waals surface area contributed by atoms with Gasteiger partial charge in [0.05, 0.1) is 0 Å². The highest BCUT2D eigenvalue weighted by molar-refractivity contribution is 5.94. The number of carbonyl (C=O) groups excluding carboxylic acids is 1. The standard InChI is InChI=1S/C17H18FN3O4/c1-2-3-7-13(17(24)25)19-16(23)12-9-10-15(22)21(20-12)14-8-5-4-6-11(14)18/h4-6,8-10,13H,2-3,7H2,1H3,(H,19,23)(H,24,25)/t13-/m0/s1. The van der Waals surface area contributed by atoms with Crippen molar-refractivity contribution in [2.75, 3.05) is 0 Å². The van der Waals surface area contributed by atoms with Crippen LogP contribution in [0.1, 0.15) is 36.7 Å². The molecule has 1 amide bonds. The van der Waals surface area contributed by atoms with Gasteiger partial charge in [-0.05, 0) is 24.6 Å². The molecule has 1 atom stereocenters. The van der Waals surface area contributed by atoms with Gasteiger partial charge in [-0.15, -0.1) is 0 Å². The number of carbonyl (C=O) groups is 2. The fourth-order valence-electron chi connectivity index (χ4n) is 2.23. The van der Waals surface area contributed by atoms with Gasteiger partial charge in [0.15, 0.2) is 0 Å². The summed E-state index contributed by atoms with van der Waals surface area (Å²) in [6.07, 6.45) is 1.71. The summed E-state index contributed by atoms with van der Waals surface area (Å²) in [6, 6.07) is 6.72. The molecule has 2 N–H and O–H groups in total. The minimum atomic E-state index is -1.15. The number of unbranched alkanes of at least 4 members (excludes halogenated alkanes) is 1. The van der Waals surface area contributed by atoms with Gasteiger partial charge in [-0.3, -0.25) is 9.59 Å². The molecule has 8 heteroatoms. The maximum absolute atomic E-state index is 13.9. The zero-order valence-electron chi connectivity index (χ0n) is 13.6. The van der Waals surface area contributed by atoms with Crippen molar-refractivity contribution < 1.29 is 19.1 Å². The molecular formula is C17H18FN3O4. The summed E-state index contributed by atoms with van der Waals surface area (Å²) >= 11 is 0. The second kappa shape index (κ2) is 8.18. The number of para-hydroxylation sites is 1. The Morgan fingerprint density at radius 3 is 2.64 bits per heavy atom.